The van der Waals surface area contributed by atoms with Gasteiger partial charge in [-0.15, -0.1) is 0 Å². The molecule has 4 aromatic rings. The third-order valence-corrected chi connectivity index (χ3v) is 7.50. The minimum Gasteiger partial charge on any atom is -0.436 e. The smallest absolute Gasteiger partial charge is 0.229 e. The number of oxazole rings is 1. The summed E-state index contributed by atoms with van der Waals surface area (Å²) in [5, 5.41) is 20.7. The van der Waals surface area contributed by atoms with Gasteiger partial charge >= 0.3 is 0 Å². The van der Waals surface area contributed by atoms with Crippen LogP contribution in [0.25, 0.3) is 22.6 Å². The predicted molar refractivity (Wildman–Crippen MR) is 178 cm³/mol. The Morgan fingerprint density at radius 3 is 1.98 bits per heavy atom. The van der Waals surface area contributed by atoms with E-state index in [0.29, 0.717) is 30.3 Å². The van der Waals surface area contributed by atoms with Crippen molar-refractivity contribution in [2.24, 2.45) is 0 Å². The average molecular weight is 602 g/mol. The van der Waals surface area contributed by atoms with E-state index in [1.165, 1.54) is 0 Å². The van der Waals surface area contributed by atoms with Crippen LogP contribution in [0.1, 0.15) is 31.7 Å². The van der Waals surface area contributed by atoms with Crippen LogP contribution in [-0.2, 0) is 6.54 Å². The SMILES string of the molecule is CCCCNc1nc(NCCCN2CCNCCNCCNCC2)nc(NCc2ccc(-c3nc4ccccc4o3)cc2)n1. The number of nitrogens with one attached hydrogen (secondary N) is 6. The molecule has 0 unspecified atom stereocenters. The van der Waals surface area contributed by atoms with Gasteiger partial charge in [0.05, 0.1) is 0 Å². The lowest BCUT2D eigenvalue weighted by Crippen LogP contribution is -2.42. The van der Waals surface area contributed by atoms with Crippen molar-refractivity contribution < 1.29 is 4.42 Å². The van der Waals surface area contributed by atoms with Crippen LogP contribution < -0.4 is 31.9 Å². The lowest BCUT2D eigenvalue weighted by molar-refractivity contribution is 0.270. The van der Waals surface area contributed by atoms with Crippen LogP contribution in [0.4, 0.5) is 17.8 Å². The molecule has 5 rings (SSSR count). The minimum absolute atomic E-state index is 0.541. The van der Waals surface area contributed by atoms with Crippen LogP contribution in [0.5, 0.6) is 0 Å². The molecule has 236 valence electrons. The second-order valence-corrected chi connectivity index (χ2v) is 11.0. The summed E-state index contributed by atoms with van der Waals surface area (Å²) in [6, 6.07) is 16.0. The van der Waals surface area contributed by atoms with Crippen molar-refractivity contribution in [1.29, 1.82) is 0 Å². The molecule has 0 radical (unpaired) electrons. The molecule has 1 aliphatic heterocycles. The molecule has 1 saturated heterocycles. The fraction of sp³-hybridized carbons (Fsp3) is 0.500. The van der Waals surface area contributed by atoms with Crippen molar-refractivity contribution in [3.05, 3.63) is 54.1 Å². The van der Waals surface area contributed by atoms with Crippen LogP contribution >= 0.6 is 0 Å². The Balaban J connectivity index is 1.14. The molecule has 0 atom stereocenters. The molecule has 0 spiro atoms. The van der Waals surface area contributed by atoms with Crippen LogP contribution in [0.2, 0.25) is 0 Å². The van der Waals surface area contributed by atoms with Crippen molar-refractivity contribution in [2.75, 3.05) is 87.9 Å². The van der Waals surface area contributed by atoms with Crippen LogP contribution in [0, 0.1) is 0 Å². The summed E-state index contributed by atoms with van der Waals surface area (Å²) in [5.74, 6) is 2.33. The Kier molecular flexibility index (Phi) is 12.5. The largest absolute Gasteiger partial charge is 0.436 e. The molecule has 44 heavy (non-hydrogen) atoms. The van der Waals surface area contributed by atoms with E-state index in [2.05, 4.69) is 75.8 Å². The summed E-state index contributed by atoms with van der Waals surface area (Å²) >= 11 is 0. The molecular formula is C32H47N11O. The number of hydrogen-bond acceptors (Lipinski definition) is 12. The Morgan fingerprint density at radius 1 is 0.705 bits per heavy atom. The monoisotopic (exact) mass is 601 g/mol. The number of fused-ring (bicyclic) bond motifs is 1. The normalized spacial score (nSPS) is 15.4. The lowest BCUT2D eigenvalue weighted by Gasteiger charge is -2.23. The molecule has 1 aliphatic rings. The highest BCUT2D eigenvalue weighted by atomic mass is 16.3. The Morgan fingerprint density at radius 2 is 1.32 bits per heavy atom. The maximum Gasteiger partial charge on any atom is 0.229 e. The average Bonchev–Trinajstić information content (AvgIpc) is 3.48. The number of unbranched alkanes of at least 4 members (excludes halogenated alkanes) is 1. The van der Waals surface area contributed by atoms with Gasteiger partial charge in [0.1, 0.15) is 5.52 Å². The van der Waals surface area contributed by atoms with Crippen molar-refractivity contribution in [2.45, 2.75) is 32.7 Å². The fourth-order valence-corrected chi connectivity index (χ4v) is 4.97. The third kappa shape index (κ3) is 10.1. The number of hydrogen-bond donors (Lipinski definition) is 6. The summed E-state index contributed by atoms with van der Waals surface area (Å²) in [6.07, 6.45) is 3.16. The molecule has 1 fully saturated rings. The van der Waals surface area contributed by atoms with Crippen molar-refractivity contribution in [1.82, 2.24) is 40.8 Å². The summed E-state index contributed by atoms with van der Waals surface area (Å²) in [6.45, 7) is 13.5. The van der Waals surface area contributed by atoms with Gasteiger partial charge in [-0.3, -0.25) is 0 Å². The van der Waals surface area contributed by atoms with Gasteiger partial charge in [-0.05, 0) is 49.2 Å². The Hall–Kier alpha value is -3.84. The van der Waals surface area contributed by atoms with E-state index in [-0.39, 0.29) is 0 Å². The summed E-state index contributed by atoms with van der Waals surface area (Å²) in [7, 11) is 0. The Labute approximate surface area is 260 Å². The highest BCUT2D eigenvalue weighted by Gasteiger charge is 2.10. The van der Waals surface area contributed by atoms with Gasteiger partial charge in [-0.1, -0.05) is 37.6 Å². The highest BCUT2D eigenvalue weighted by Crippen LogP contribution is 2.24. The van der Waals surface area contributed by atoms with Gasteiger partial charge in [0.2, 0.25) is 23.7 Å². The molecule has 2 aromatic carbocycles. The van der Waals surface area contributed by atoms with E-state index >= 15 is 0 Å². The zero-order valence-corrected chi connectivity index (χ0v) is 25.9. The number of benzene rings is 2. The molecule has 0 aliphatic carbocycles. The predicted octanol–water partition coefficient (Wildman–Crippen LogP) is 3.39. The van der Waals surface area contributed by atoms with Gasteiger partial charge in [0, 0.05) is 77.6 Å². The summed E-state index contributed by atoms with van der Waals surface area (Å²) in [5.41, 5.74) is 3.69. The molecule has 2 aromatic heterocycles. The quantitative estimate of drug-likeness (QED) is 0.125. The van der Waals surface area contributed by atoms with Gasteiger partial charge in [0.15, 0.2) is 5.58 Å². The highest BCUT2D eigenvalue weighted by molar-refractivity contribution is 5.76. The first-order valence-corrected chi connectivity index (χ1v) is 16.0. The van der Waals surface area contributed by atoms with E-state index < -0.39 is 0 Å². The fourth-order valence-electron chi connectivity index (χ4n) is 4.97. The van der Waals surface area contributed by atoms with E-state index in [1.54, 1.807) is 0 Å². The van der Waals surface area contributed by atoms with Crippen LogP contribution in [-0.4, -0.2) is 96.8 Å². The molecule has 0 amide bonds. The van der Waals surface area contributed by atoms with E-state index in [9.17, 15) is 0 Å². The first-order valence-electron chi connectivity index (χ1n) is 16.0. The molecule has 0 saturated carbocycles. The van der Waals surface area contributed by atoms with Gasteiger partial charge < -0.3 is 41.2 Å². The number of nitrogens with zero attached hydrogens (tertiary/aromatic N) is 5. The first kappa shape index (κ1) is 31.6. The third-order valence-electron chi connectivity index (χ3n) is 7.50. The van der Waals surface area contributed by atoms with Crippen LogP contribution in [0.15, 0.2) is 52.9 Å². The molecular weight excluding hydrogens is 554 g/mol. The van der Waals surface area contributed by atoms with Crippen LogP contribution in [0.3, 0.4) is 0 Å². The molecule has 6 N–H and O–H groups in total. The standard InChI is InChI=1S/C32H47N11O/c1-2-3-13-36-30-40-31(37-14-6-21-43-22-19-34-17-15-33-16-18-35-20-23-43)42-32(41-30)38-24-25-9-11-26(12-10-25)29-39-27-7-4-5-8-28(27)44-29/h4-5,7-12,33-35H,2-3,6,13-24H2,1H3,(H3,36,37,38,40,41,42). The second-order valence-electron chi connectivity index (χ2n) is 11.0. The Bertz CT molecular complexity index is 1350. The number of para-hydroxylation sites is 2. The van der Waals surface area contributed by atoms with E-state index in [1.807, 2.05) is 36.4 Å². The van der Waals surface area contributed by atoms with Gasteiger partial charge in [-0.25, -0.2) is 4.98 Å². The molecule has 12 heteroatoms. The maximum absolute atomic E-state index is 5.92. The number of aromatic nitrogens is 4. The van der Waals surface area contributed by atoms with Gasteiger partial charge in [0.25, 0.3) is 0 Å². The summed E-state index contributed by atoms with van der Waals surface area (Å²) in [4.78, 5) is 21.1. The number of rotatable bonds is 13. The zero-order valence-electron chi connectivity index (χ0n) is 25.9. The maximum atomic E-state index is 5.92. The van der Waals surface area contributed by atoms with Crippen molar-refractivity contribution in [3.63, 3.8) is 0 Å². The zero-order chi connectivity index (χ0) is 30.2. The second kappa shape index (κ2) is 17.5. The summed E-state index contributed by atoms with van der Waals surface area (Å²) < 4.78 is 5.92. The van der Waals surface area contributed by atoms with Crippen molar-refractivity contribution in [3.8, 4) is 11.5 Å². The van der Waals surface area contributed by atoms with Crippen molar-refractivity contribution >= 4 is 28.9 Å². The van der Waals surface area contributed by atoms with E-state index in [0.717, 1.165) is 113 Å². The lowest BCUT2D eigenvalue weighted by atomic mass is 10.1. The topological polar surface area (TPSA) is 140 Å². The molecule has 3 heterocycles. The first-order chi connectivity index (χ1) is 21.8. The van der Waals surface area contributed by atoms with Gasteiger partial charge in [-0.2, -0.15) is 15.0 Å². The molecule has 0 bridgehead atoms. The van der Waals surface area contributed by atoms with E-state index in [4.69, 9.17) is 4.42 Å². The number of anilines is 3. The molecule has 12 nitrogen and oxygen atoms in total. The minimum atomic E-state index is 0.541.